The van der Waals surface area contributed by atoms with Crippen molar-refractivity contribution >= 4 is 23.7 Å². The molecule has 2 aliphatic heterocycles. The van der Waals surface area contributed by atoms with Crippen molar-refractivity contribution in [1.29, 1.82) is 0 Å². The summed E-state index contributed by atoms with van der Waals surface area (Å²) in [6.07, 6.45) is 4.24. The minimum atomic E-state index is 0.108. The second kappa shape index (κ2) is 8.88. The van der Waals surface area contributed by atoms with Gasteiger partial charge in [-0.05, 0) is 37.5 Å². The van der Waals surface area contributed by atoms with Crippen LogP contribution in [0.25, 0.3) is 0 Å². The Balaban J connectivity index is 1.40. The number of rotatable bonds is 6. The van der Waals surface area contributed by atoms with Gasteiger partial charge in [-0.3, -0.25) is 4.79 Å². The fourth-order valence-corrected chi connectivity index (χ4v) is 4.63. The summed E-state index contributed by atoms with van der Waals surface area (Å²) in [5.41, 5.74) is 1.52. The smallest absolute Gasteiger partial charge is 0.171 e. The van der Waals surface area contributed by atoms with Crippen LogP contribution in [0.4, 0.5) is 5.82 Å². The Morgan fingerprint density at radius 3 is 2.70 bits per heavy atom. The number of benzene rings is 1. The second-order valence-corrected chi connectivity index (χ2v) is 8.46. The zero-order valence-corrected chi connectivity index (χ0v) is 18.1. The molecule has 2 fully saturated rings. The van der Waals surface area contributed by atoms with Gasteiger partial charge in [-0.15, -0.1) is 0 Å². The van der Waals surface area contributed by atoms with Crippen molar-refractivity contribution in [2.75, 3.05) is 38.3 Å². The van der Waals surface area contributed by atoms with E-state index in [0.717, 1.165) is 50.7 Å². The van der Waals surface area contributed by atoms with Gasteiger partial charge in [0.25, 0.3) is 0 Å². The molecule has 0 radical (unpaired) electrons. The summed E-state index contributed by atoms with van der Waals surface area (Å²) in [6, 6.07) is 8.71. The fraction of sp³-hybridized carbons (Fsp3) is 0.500. The molecule has 30 heavy (non-hydrogen) atoms. The molecule has 2 aliphatic rings. The summed E-state index contributed by atoms with van der Waals surface area (Å²) in [6.45, 7) is 5.38. The monoisotopic (exact) mass is 430 g/mol. The second-order valence-electron chi connectivity index (χ2n) is 8.10. The quantitative estimate of drug-likeness (QED) is 0.704. The summed E-state index contributed by atoms with van der Waals surface area (Å²) in [7, 11) is 1.68. The number of piperidine rings is 1. The van der Waals surface area contributed by atoms with Crippen molar-refractivity contribution in [3.63, 3.8) is 0 Å². The minimum absolute atomic E-state index is 0.108. The SMILES string of the molecule is COc1ccc([C@@H](C)NC2COCC23CCN(c2cnc(C=O)c(Cl)n2)CC3)cc1. The number of hydrogen-bond donors (Lipinski definition) is 1. The molecule has 1 aromatic heterocycles. The van der Waals surface area contributed by atoms with Crippen molar-refractivity contribution in [3.05, 3.63) is 46.9 Å². The number of ether oxygens (including phenoxy) is 2. The van der Waals surface area contributed by atoms with Crippen LogP contribution < -0.4 is 15.0 Å². The van der Waals surface area contributed by atoms with E-state index in [9.17, 15) is 4.79 Å². The Bertz CT molecular complexity index is 884. The molecule has 2 saturated heterocycles. The van der Waals surface area contributed by atoms with E-state index in [0.29, 0.717) is 12.3 Å². The van der Waals surface area contributed by atoms with Gasteiger partial charge in [0, 0.05) is 30.6 Å². The lowest BCUT2D eigenvalue weighted by Gasteiger charge is -2.43. The topological polar surface area (TPSA) is 76.6 Å². The van der Waals surface area contributed by atoms with Crippen molar-refractivity contribution in [1.82, 2.24) is 15.3 Å². The molecule has 0 aliphatic carbocycles. The van der Waals surface area contributed by atoms with Gasteiger partial charge in [0.2, 0.25) is 0 Å². The van der Waals surface area contributed by atoms with Crippen LogP contribution in [0, 0.1) is 5.41 Å². The highest BCUT2D eigenvalue weighted by atomic mass is 35.5. The first-order chi connectivity index (χ1) is 14.5. The van der Waals surface area contributed by atoms with Crippen LogP contribution in [0.1, 0.15) is 41.9 Å². The molecule has 0 saturated carbocycles. The maximum atomic E-state index is 10.9. The van der Waals surface area contributed by atoms with E-state index in [4.69, 9.17) is 21.1 Å². The van der Waals surface area contributed by atoms with Crippen molar-refractivity contribution in [2.24, 2.45) is 5.41 Å². The summed E-state index contributed by atoms with van der Waals surface area (Å²) in [5, 5.41) is 3.95. The third-order valence-electron chi connectivity index (χ3n) is 6.42. The number of methoxy groups -OCH3 is 1. The van der Waals surface area contributed by atoms with E-state index < -0.39 is 0 Å². The maximum Gasteiger partial charge on any atom is 0.171 e. The van der Waals surface area contributed by atoms with E-state index in [-0.39, 0.29) is 22.3 Å². The lowest BCUT2D eigenvalue weighted by molar-refractivity contribution is 0.111. The van der Waals surface area contributed by atoms with E-state index in [1.165, 1.54) is 5.56 Å². The van der Waals surface area contributed by atoms with E-state index in [1.807, 2.05) is 12.1 Å². The summed E-state index contributed by atoms with van der Waals surface area (Å²) in [5.74, 6) is 1.58. The molecule has 160 valence electrons. The fourth-order valence-electron chi connectivity index (χ4n) is 4.45. The van der Waals surface area contributed by atoms with E-state index >= 15 is 0 Å². The summed E-state index contributed by atoms with van der Waals surface area (Å²) < 4.78 is 11.2. The van der Waals surface area contributed by atoms with Crippen LogP contribution in [-0.4, -0.2) is 55.7 Å². The third-order valence-corrected chi connectivity index (χ3v) is 6.70. The first-order valence-corrected chi connectivity index (χ1v) is 10.6. The standard InChI is InChI=1S/C22H27ClN4O3/c1-15(16-3-5-17(29-2)6-4-16)25-19-13-30-14-22(19)7-9-27(10-8-22)20-11-24-18(12-28)21(23)26-20/h3-6,11-12,15,19,25H,7-10,13-14H2,1-2H3/t15-,19?/m1/s1. The van der Waals surface area contributed by atoms with Crippen LogP contribution in [-0.2, 0) is 4.74 Å². The Hall–Kier alpha value is -2.22. The molecule has 8 heteroatoms. The van der Waals surface area contributed by atoms with Crippen molar-refractivity contribution in [3.8, 4) is 5.75 Å². The van der Waals surface area contributed by atoms with Crippen LogP contribution in [0.2, 0.25) is 5.15 Å². The molecular formula is C22H27ClN4O3. The molecule has 0 amide bonds. The predicted molar refractivity (Wildman–Crippen MR) is 115 cm³/mol. The molecule has 0 bridgehead atoms. The molecular weight excluding hydrogens is 404 g/mol. The summed E-state index contributed by atoms with van der Waals surface area (Å²) in [4.78, 5) is 21.6. The zero-order valence-electron chi connectivity index (χ0n) is 17.3. The van der Waals surface area contributed by atoms with Gasteiger partial charge in [-0.25, -0.2) is 9.97 Å². The summed E-state index contributed by atoms with van der Waals surface area (Å²) >= 11 is 6.06. The molecule has 7 nitrogen and oxygen atoms in total. The van der Waals surface area contributed by atoms with Gasteiger partial charge in [-0.2, -0.15) is 0 Å². The van der Waals surface area contributed by atoms with E-state index in [1.54, 1.807) is 13.3 Å². The number of carbonyl (C=O) groups excluding carboxylic acids is 1. The number of aldehydes is 1. The molecule has 3 heterocycles. The highest BCUT2D eigenvalue weighted by molar-refractivity contribution is 6.31. The number of nitrogens with zero attached hydrogens (tertiary/aromatic N) is 3. The highest BCUT2D eigenvalue weighted by Gasteiger charge is 2.46. The van der Waals surface area contributed by atoms with Crippen molar-refractivity contribution < 1.29 is 14.3 Å². The normalized spacial score (nSPS) is 21.6. The Morgan fingerprint density at radius 1 is 1.33 bits per heavy atom. The highest BCUT2D eigenvalue weighted by Crippen LogP contribution is 2.41. The average molecular weight is 431 g/mol. The molecule has 4 rings (SSSR count). The molecule has 1 aromatic carbocycles. The minimum Gasteiger partial charge on any atom is -0.497 e. The van der Waals surface area contributed by atoms with Gasteiger partial charge in [0.05, 0.1) is 26.5 Å². The third kappa shape index (κ3) is 4.15. The first-order valence-electron chi connectivity index (χ1n) is 10.2. The number of nitrogens with one attached hydrogen (secondary N) is 1. The molecule has 1 spiro atoms. The Morgan fingerprint density at radius 2 is 2.07 bits per heavy atom. The lowest BCUT2D eigenvalue weighted by Crippen LogP contribution is -2.51. The number of hydrogen-bond acceptors (Lipinski definition) is 7. The van der Waals surface area contributed by atoms with Crippen LogP contribution in [0.3, 0.4) is 0 Å². The predicted octanol–water partition coefficient (Wildman–Crippen LogP) is 3.29. The number of carbonyl (C=O) groups is 1. The largest absolute Gasteiger partial charge is 0.497 e. The van der Waals surface area contributed by atoms with Crippen molar-refractivity contribution in [2.45, 2.75) is 31.8 Å². The van der Waals surface area contributed by atoms with E-state index in [2.05, 4.69) is 39.2 Å². The number of aromatic nitrogens is 2. The zero-order chi connectivity index (χ0) is 21.1. The average Bonchev–Trinajstić information content (AvgIpc) is 3.15. The maximum absolute atomic E-state index is 10.9. The Labute approximate surface area is 181 Å². The molecule has 2 atom stereocenters. The van der Waals surface area contributed by atoms with Gasteiger partial charge in [0.15, 0.2) is 11.4 Å². The van der Waals surface area contributed by atoms with Crippen LogP contribution >= 0.6 is 11.6 Å². The molecule has 1 unspecified atom stereocenters. The van der Waals surface area contributed by atoms with Gasteiger partial charge >= 0.3 is 0 Å². The number of halogens is 1. The molecule has 2 aromatic rings. The number of anilines is 1. The van der Waals surface area contributed by atoms with Gasteiger partial charge < -0.3 is 19.7 Å². The first kappa shape index (κ1) is 21.0. The van der Waals surface area contributed by atoms with Gasteiger partial charge in [-0.1, -0.05) is 23.7 Å². The Kier molecular flexibility index (Phi) is 6.22. The van der Waals surface area contributed by atoms with Gasteiger partial charge in [0.1, 0.15) is 17.3 Å². The van der Waals surface area contributed by atoms with Crippen LogP contribution in [0.15, 0.2) is 30.5 Å². The molecule has 1 N–H and O–H groups in total. The lowest BCUT2D eigenvalue weighted by atomic mass is 9.74. The van der Waals surface area contributed by atoms with Crippen LogP contribution in [0.5, 0.6) is 5.75 Å².